The fraction of sp³-hybridized carbons (Fsp3) is 0.650. The van der Waals surface area contributed by atoms with Crippen LogP contribution in [0.5, 0.6) is 5.75 Å². The average Bonchev–Trinajstić information content (AvgIpc) is 3.53. The highest BCUT2D eigenvalue weighted by atomic mass is 35.5. The number of halogens is 1. The minimum Gasteiger partial charge on any atom is -0.493 e. The topological polar surface area (TPSA) is 41.6 Å². The molecule has 4 nitrogen and oxygen atoms in total. The quantitative estimate of drug-likeness (QED) is 0.805. The first-order valence-electron chi connectivity index (χ1n) is 9.53. The molecule has 25 heavy (non-hydrogen) atoms. The molecule has 0 radical (unpaired) electrons. The zero-order chi connectivity index (χ0) is 16.4. The van der Waals surface area contributed by atoms with Crippen LogP contribution in [-0.4, -0.2) is 43.1 Å². The highest BCUT2D eigenvalue weighted by Gasteiger charge is 2.26. The number of ether oxygens (including phenoxy) is 1. The second kappa shape index (κ2) is 8.41. The molecule has 0 unspecified atom stereocenters. The lowest BCUT2D eigenvalue weighted by Gasteiger charge is -2.32. The molecule has 0 atom stereocenters. The molecule has 1 aromatic rings. The van der Waals surface area contributed by atoms with Crippen molar-refractivity contribution in [3.8, 4) is 5.75 Å². The van der Waals surface area contributed by atoms with Crippen LogP contribution in [0.2, 0.25) is 0 Å². The number of hydrogen-bond acceptors (Lipinski definition) is 3. The normalized spacial score (nSPS) is 20.9. The fourth-order valence-corrected chi connectivity index (χ4v) is 3.32. The minimum absolute atomic E-state index is 0. The van der Waals surface area contributed by atoms with E-state index in [0.29, 0.717) is 6.04 Å². The molecule has 4 rings (SSSR count). The molecule has 5 heteroatoms. The van der Waals surface area contributed by atoms with Gasteiger partial charge in [-0.05, 0) is 81.2 Å². The van der Waals surface area contributed by atoms with Crippen molar-refractivity contribution in [3.63, 3.8) is 0 Å². The fourth-order valence-electron chi connectivity index (χ4n) is 3.32. The van der Waals surface area contributed by atoms with Gasteiger partial charge in [0, 0.05) is 24.7 Å². The van der Waals surface area contributed by atoms with Crippen LogP contribution in [0, 0.1) is 11.8 Å². The van der Waals surface area contributed by atoms with Crippen LogP contribution < -0.4 is 10.1 Å². The van der Waals surface area contributed by atoms with Crippen LogP contribution in [0.15, 0.2) is 24.3 Å². The highest BCUT2D eigenvalue weighted by molar-refractivity contribution is 5.94. The monoisotopic (exact) mass is 364 g/mol. The van der Waals surface area contributed by atoms with Gasteiger partial charge in [-0.15, -0.1) is 12.4 Å². The average molecular weight is 365 g/mol. The lowest BCUT2D eigenvalue weighted by molar-refractivity contribution is 0.0705. The van der Waals surface area contributed by atoms with Crippen molar-refractivity contribution in [2.24, 2.45) is 11.8 Å². The van der Waals surface area contributed by atoms with Gasteiger partial charge >= 0.3 is 0 Å². The summed E-state index contributed by atoms with van der Waals surface area (Å²) in [4.78, 5) is 14.6. The Bertz CT molecular complexity index is 562. The summed E-state index contributed by atoms with van der Waals surface area (Å²) in [5.41, 5.74) is 0.776. The molecule has 1 aromatic carbocycles. The second-order valence-electron chi connectivity index (χ2n) is 7.70. The van der Waals surface area contributed by atoms with Crippen LogP contribution in [0.4, 0.5) is 0 Å². The van der Waals surface area contributed by atoms with Gasteiger partial charge in [0.15, 0.2) is 0 Å². The smallest absolute Gasteiger partial charge is 0.253 e. The van der Waals surface area contributed by atoms with E-state index in [9.17, 15) is 4.79 Å². The number of likely N-dealkylation sites (tertiary alicyclic amines) is 1. The van der Waals surface area contributed by atoms with E-state index in [2.05, 4.69) is 5.32 Å². The third kappa shape index (κ3) is 5.35. The summed E-state index contributed by atoms with van der Waals surface area (Å²) in [6, 6.07) is 8.26. The molecule has 3 fully saturated rings. The molecule has 2 saturated carbocycles. The number of carbonyl (C=O) groups excluding carboxylic acids is 1. The molecular formula is C20H29ClN2O2. The van der Waals surface area contributed by atoms with Gasteiger partial charge in [-0.25, -0.2) is 0 Å². The third-order valence-corrected chi connectivity index (χ3v) is 5.46. The Balaban J connectivity index is 0.00000182. The first-order chi connectivity index (χ1) is 11.8. The van der Waals surface area contributed by atoms with Crippen LogP contribution >= 0.6 is 12.4 Å². The van der Waals surface area contributed by atoms with Gasteiger partial charge in [0.05, 0.1) is 6.61 Å². The van der Waals surface area contributed by atoms with Crippen LogP contribution in [0.25, 0.3) is 0 Å². The van der Waals surface area contributed by atoms with Crippen molar-refractivity contribution in [1.29, 1.82) is 0 Å². The lowest BCUT2D eigenvalue weighted by Crippen LogP contribution is -2.45. The molecule has 1 N–H and O–H groups in total. The van der Waals surface area contributed by atoms with Gasteiger partial charge in [0.2, 0.25) is 0 Å². The number of carbonyl (C=O) groups is 1. The molecule has 0 aromatic heterocycles. The molecule has 138 valence electrons. The Morgan fingerprint density at radius 1 is 1.00 bits per heavy atom. The van der Waals surface area contributed by atoms with Crippen LogP contribution in [0.3, 0.4) is 0 Å². The van der Waals surface area contributed by atoms with Gasteiger partial charge in [-0.2, -0.15) is 0 Å². The predicted octanol–water partition coefficient (Wildman–Crippen LogP) is 3.50. The van der Waals surface area contributed by atoms with Gasteiger partial charge in [-0.3, -0.25) is 4.79 Å². The standard InChI is InChI=1S/C20H28N2O2.ClH/c23-20(17-5-7-19(8-6-17)24-14-16-3-4-16)22-11-9-18(10-12-22)21-13-15-1-2-15;/h5-8,15-16,18,21H,1-4,9-14H2;1H. The number of nitrogens with one attached hydrogen (secondary N) is 1. The Morgan fingerprint density at radius 3 is 2.24 bits per heavy atom. The highest BCUT2D eigenvalue weighted by Crippen LogP contribution is 2.30. The van der Waals surface area contributed by atoms with Crippen molar-refractivity contribution in [1.82, 2.24) is 10.2 Å². The minimum atomic E-state index is 0. The van der Waals surface area contributed by atoms with E-state index >= 15 is 0 Å². The summed E-state index contributed by atoms with van der Waals surface area (Å²) in [5.74, 6) is 2.71. The maximum Gasteiger partial charge on any atom is 0.253 e. The lowest BCUT2D eigenvalue weighted by atomic mass is 10.0. The number of amides is 1. The molecule has 1 amide bonds. The number of hydrogen-bond donors (Lipinski definition) is 1. The summed E-state index contributed by atoms with van der Waals surface area (Å²) in [6.07, 6.45) is 7.52. The van der Waals surface area contributed by atoms with Crippen LogP contribution in [0.1, 0.15) is 48.9 Å². The summed E-state index contributed by atoms with van der Waals surface area (Å²) in [6.45, 7) is 3.71. The number of benzene rings is 1. The zero-order valence-electron chi connectivity index (χ0n) is 14.8. The van der Waals surface area contributed by atoms with E-state index < -0.39 is 0 Å². The van der Waals surface area contributed by atoms with Crippen molar-refractivity contribution < 1.29 is 9.53 Å². The molecular weight excluding hydrogens is 336 g/mol. The Labute approximate surface area is 156 Å². The third-order valence-electron chi connectivity index (χ3n) is 5.46. The van der Waals surface area contributed by atoms with Crippen molar-refractivity contribution in [2.75, 3.05) is 26.2 Å². The van der Waals surface area contributed by atoms with Crippen LogP contribution in [-0.2, 0) is 0 Å². The molecule has 0 bridgehead atoms. The Hall–Kier alpha value is -1.26. The second-order valence-corrected chi connectivity index (χ2v) is 7.70. The number of rotatable bonds is 7. The first kappa shape index (κ1) is 18.5. The molecule has 1 aliphatic heterocycles. The molecule has 1 heterocycles. The molecule has 1 saturated heterocycles. The van der Waals surface area contributed by atoms with Gasteiger partial charge in [0.1, 0.15) is 5.75 Å². The van der Waals surface area contributed by atoms with E-state index in [1.54, 1.807) is 0 Å². The maximum atomic E-state index is 12.6. The summed E-state index contributed by atoms with van der Waals surface area (Å²) in [7, 11) is 0. The number of piperidine rings is 1. The van der Waals surface area contributed by atoms with E-state index in [4.69, 9.17) is 4.74 Å². The summed E-state index contributed by atoms with van der Waals surface area (Å²) < 4.78 is 5.74. The predicted molar refractivity (Wildman–Crippen MR) is 102 cm³/mol. The summed E-state index contributed by atoms with van der Waals surface area (Å²) >= 11 is 0. The largest absolute Gasteiger partial charge is 0.493 e. The Morgan fingerprint density at radius 2 is 1.64 bits per heavy atom. The van der Waals surface area contributed by atoms with E-state index in [-0.39, 0.29) is 18.3 Å². The Kier molecular flexibility index (Phi) is 6.24. The van der Waals surface area contributed by atoms with Gasteiger partial charge in [-0.1, -0.05) is 0 Å². The van der Waals surface area contributed by atoms with Gasteiger partial charge in [0.25, 0.3) is 5.91 Å². The van der Waals surface area contributed by atoms with Crippen molar-refractivity contribution in [2.45, 2.75) is 44.6 Å². The summed E-state index contributed by atoms with van der Waals surface area (Å²) in [5, 5.41) is 3.66. The first-order valence-corrected chi connectivity index (χ1v) is 9.53. The van der Waals surface area contributed by atoms with E-state index in [1.807, 2.05) is 29.2 Å². The molecule has 3 aliphatic rings. The molecule has 0 spiro atoms. The zero-order valence-corrected chi connectivity index (χ0v) is 15.6. The van der Waals surface area contributed by atoms with Crippen molar-refractivity contribution >= 4 is 18.3 Å². The van der Waals surface area contributed by atoms with E-state index in [1.165, 1.54) is 32.2 Å². The van der Waals surface area contributed by atoms with Crippen molar-refractivity contribution in [3.05, 3.63) is 29.8 Å². The van der Waals surface area contributed by atoms with E-state index in [0.717, 1.165) is 55.7 Å². The number of nitrogens with zero attached hydrogens (tertiary/aromatic N) is 1. The molecule has 2 aliphatic carbocycles. The maximum absolute atomic E-state index is 12.6. The van der Waals surface area contributed by atoms with Gasteiger partial charge < -0.3 is 15.0 Å². The SMILES string of the molecule is Cl.O=C(c1ccc(OCC2CC2)cc1)N1CCC(NCC2CC2)CC1.